The fraction of sp³-hybridized carbons (Fsp3) is 0.208. The van der Waals surface area contributed by atoms with E-state index in [4.69, 9.17) is 4.74 Å². The first-order valence-electron chi connectivity index (χ1n) is 9.26. The highest BCUT2D eigenvalue weighted by molar-refractivity contribution is 5.99. The Bertz CT molecular complexity index is 847. The first kappa shape index (κ1) is 19.0. The minimum Gasteiger partial charge on any atom is -0.351 e. The Kier molecular flexibility index (Phi) is 6.91. The molecule has 0 bridgehead atoms. The van der Waals surface area contributed by atoms with E-state index in [1.54, 1.807) is 0 Å². The summed E-state index contributed by atoms with van der Waals surface area (Å²) in [7, 11) is 0. The van der Waals surface area contributed by atoms with Crippen LogP contribution >= 0.6 is 0 Å². The molecule has 3 aromatic rings. The van der Waals surface area contributed by atoms with E-state index in [1.807, 2.05) is 60.7 Å². The van der Waals surface area contributed by atoms with Gasteiger partial charge in [-0.3, -0.25) is 10.1 Å². The number of carbonyl (C=O) groups is 1. The molecule has 0 fully saturated rings. The Hall–Kier alpha value is -2.75. The third-order valence-corrected chi connectivity index (χ3v) is 4.38. The molecule has 0 aliphatic heterocycles. The third kappa shape index (κ3) is 5.88. The number of carbonyl (C=O) groups excluding carboxylic acids is 1. The van der Waals surface area contributed by atoms with Crippen LogP contribution in [0.2, 0.25) is 0 Å². The molecule has 0 aliphatic carbocycles. The number of ketones is 1. The van der Waals surface area contributed by atoms with E-state index in [9.17, 15) is 4.79 Å². The molecule has 27 heavy (non-hydrogen) atoms. The maximum absolute atomic E-state index is 12.9. The van der Waals surface area contributed by atoms with E-state index < -0.39 is 6.23 Å². The number of nitrogens with one attached hydrogen (secondary N) is 1. The molecule has 0 saturated carbocycles. The molecule has 0 saturated heterocycles. The summed E-state index contributed by atoms with van der Waals surface area (Å²) in [6.07, 6.45) is 0.173. The van der Waals surface area contributed by atoms with Gasteiger partial charge < -0.3 is 4.74 Å². The Morgan fingerprint density at radius 2 is 1.56 bits per heavy atom. The van der Waals surface area contributed by atoms with Crippen molar-refractivity contribution in [2.45, 2.75) is 26.2 Å². The first-order valence-corrected chi connectivity index (χ1v) is 9.26. The highest BCUT2D eigenvalue weighted by atomic mass is 16.5. The second-order valence-electron chi connectivity index (χ2n) is 6.60. The van der Waals surface area contributed by atoms with Gasteiger partial charge in [-0.25, -0.2) is 0 Å². The van der Waals surface area contributed by atoms with Gasteiger partial charge >= 0.3 is 0 Å². The van der Waals surface area contributed by atoms with Gasteiger partial charge in [-0.05, 0) is 24.5 Å². The summed E-state index contributed by atoms with van der Waals surface area (Å²) >= 11 is 0. The Morgan fingerprint density at radius 3 is 2.26 bits per heavy atom. The predicted octanol–water partition coefficient (Wildman–Crippen LogP) is 4.55. The number of aryl methyl sites for hydroxylation is 1. The van der Waals surface area contributed by atoms with Crippen molar-refractivity contribution >= 4 is 5.78 Å². The fourth-order valence-corrected chi connectivity index (χ4v) is 2.95. The first-order chi connectivity index (χ1) is 13.2. The van der Waals surface area contributed by atoms with Crippen LogP contribution in [0.25, 0.3) is 0 Å². The minimum atomic E-state index is -0.669. The van der Waals surface area contributed by atoms with Crippen molar-refractivity contribution in [2.75, 3.05) is 6.54 Å². The van der Waals surface area contributed by atoms with Gasteiger partial charge in [0.25, 0.3) is 0 Å². The van der Waals surface area contributed by atoms with Crippen LogP contribution in [0.1, 0.15) is 27.0 Å². The summed E-state index contributed by atoms with van der Waals surface area (Å²) in [6.45, 7) is 3.14. The van der Waals surface area contributed by atoms with Crippen LogP contribution in [-0.4, -0.2) is 18.6 Å². The van der Waals surface area contributed by atoms with Gasteiger partial charge in [-0.1, -0.05) is 90.5 Å². The summed E-state index contributed by atoms with van der Waals surface area (Å²) in [5, 5.41) is 3.28. The van der Waals surface area contributed by atoms with E-state index >= 15 is 0 Å². The zero-order valence-corrected chi connectivity index (χ0v) is 15.6. The van der Waals surface area contributed by atoms with Crippen molar-refractivity contribution in [3.05, 3.63) is 107 Å². The molecule has 1 atom stereocenters. The number of benzene rings is 3. The largest absolute Gasteiger partial charge is 0.351 e. The zero-order valence-electron chi connectivity index (χ0n) is 15.6. The zero-order chi connectivity index (χ0) is 18.9. The highest BCUT2D eigenvalue weighted by Gasteiger charge is 2.20. The van der Waals surface area contributed by atoms with Crippen LogP contribution in [0.3, 0.4) is 0 Å². The molecule has 1 N–H and O–H groups in total. The smallest absolute Gasteiger partial charge is 0.206 e. The van der Waals surface area contributed by atoms with E-state index in [0.29, 0.717) is 18.7 Å². The van der Waals surface area contributed by atoms with Crippen LogP contribution in [-0.2, 0) is 17.8 Å². The second-order valence-corrected chi connectivity index (χ2v) is 6.60. The SMILES string of the molecule is Cc1cccc(CCNC(OCc2ccccc2)C(=O)c2ccccc2)c1. The van der Waals surface area contributed by atoms with Crippen LogP contribution in [0.15, 0.2) is 84.9 Å². The molecule has 3 rings (SSSR count). The number of rotatable bonds is 9. The highest BCUT2D eigenvalue weighted by Crippen LogP contribution is 2.09. The van der Waals surface area contributed by atoms with Crippen molar-refractivity contribution in [3.63, 3.8) is 0 Å². The van der Waals surface area contributed by atoms with Crippen LogP contribution in [0, 0.1) is 6.92 Å². The van der Waals surface area contributed by atoms with Gasteiger partial charge in [-0.2, -0.15) is 0 Å². The van der Waals surface area contributed by atoms with Gasteiger partial charge in [0, 0.05) is 12.1 Å². The molecule has 0 radical (unpaired) electrons. The van der Waals surface area contributed by atoms with Gasteiger partial charge in [0.1, 0.15) is 0 Å². The molecule has 3 heteroatoms. The summed E-state index contributed by atoms with van der Waals surface area (Å²) in [6, 6.07) is 27.6. The summed E-state index contributed by atoms with van der Waals surface area (Å²) in [5.74, 6) is -0.0456. The molecule has 0 spiro atoms. The van der Waals surface area contributed by atoms with Crippen LogP contribution in [0.4, 0.5) is 0 Å². The average molecular weight is 359 g/mol. The monoisotopic (exact) mass is 359 g/mol. The summed E-state index contributed by atoms with van der Waals surface area (Å²) in [4.78, 5) is 12.9. The molecule has 0 aliphatic rings. The molecule has 0 amide bonds. The Labute approximate surface area is 161 Å². The Morgan fingerprint density at radius 1 is 0.889 bits per heavy atom. The molecular weight excluding hydrogens is 334 g/mol. The number of hydrogen-bond donors (Lipinski definition) is 1. The number of hydrogen-bond acceptors (Lipinski definition) is 3. The summed E-state index contributed by atoms with van der Waals surface area (Å²) in [5.41, 5.74) is 4.18. The lowest BCUT2D eigenvalue weighted by molar-refractivity contribution is 0.0198. The lowest BCUT2D eigenvalue weighted by atomic mass is 10.1. The van der Waals surface area contributed by atoms with Crippen molar-refractivity contribution in [2.24, 2.45) is 0 Å². The third-order valence-electron chi connectivity index (χ3n) is 4.38. The second kappa shape index (κ2) is 9.81. The molecular formula is C24H25NO2. The van der Waals surface area contributed by atoms with Crippen LogP contribution in [0.5, 0.6) is 0 Å². The Balaban J connectivity index is 1.64. The molecule has 0 heterocycles. The van der Waals surface area contributed by atoms with Crippen molar-refractivity contribution in [1.82, 2.24) is 5.32 Å². The molecule has 3 aromatic carbocycles. The van der Waals surface area contributed by atoms with Crippen molar-refractivity contribution < 1.29 is 9.53 Å². The molecule has 3 nitrogen and oxygen atoms in total. The van der Waals surface area contributed by atoms with Gasteiger partial charge in [0.15, 0.2) is 6.23 Å². The average Bonchev–Trinajstić information content (AvgIpc) is 2.71. The van der Waals surface area contributed by atoms with E-state index in [0.717, 1.165) is 12.0 Å². The molecule has 138 valence electrons. The normalized spacial score (nSPS) is 11.9. The van der Waals surface area contributed by atoms with Crippen molar-refractivity contribution in [1.29, 1.82) is 0 Å². The standard InChI is InChI=1S/C24H25NO2/c1-19-9-8-12-20(17-19)15-16-25-24(23(26)22-13-6-3-7-14-22)27-18-21-10-4-2-5-11-21/h2-14,17,24-25H,15-16,18H2,1H3. The minimum absolute atomic E-state index is 0.0456. The van der Waals surface area contributed by atoms with Crippen LogP contribution < -0.4 is 5.32 Å². The molecule has 0 aromatic heterocycles. The van der Waals surface area contributed by atoms with E-state index in [1.165, 1.54) is 11.1 Å². The number of Topliss-reactive ketones (excluding diaryl/α,β-unsaturated/α-hetero) is 1. The van der Waals surface area contributed by atoms with Gasteiger partial charge in [-0.15, -0.1) is 0 Å². The van der Waals surface area contributed by atoms with Gasteiger partial charge in [0.2, 0.25) is 5.78 Å². The topological polar surface area (TPSA) is 38.3 Å². The number of ether oxygens (including phenoxy) is 1. The van der Waals surface area contributed by atoms with Crippen molar-refractivity contribution in [3.8, 4) is 0 Å². The quantitative estimate of drug-likeness (QED) is 0.450. The predicted molar refractivity (Wildman–Crippen MR) is 109 cm³/mol. The fourth-order valence-electron chi connectivity index (χ4n) is 2.95. The molecule has 1 unspecified atom stereocenters. The maximum Gasteiger partial charge on any atom is 0.206 e. The maximum atomic E-state index is 12.9. The van der Waals surface area contributed by atoms with E-state index in [2.05, 4.69) is 36.5 Å². The van der Waals surface area contributed by atoms with Gasteiger partial charge in [0.05, 0.1) is 6.61 Å². The lowest BCUT2D eigenvalue weighted by Crippen LogP contribution is -2.40. The van der Waals surface area contributed by atoms with E-state index in [-0.39, 0.29) is 5.78 Å². The summed E-state index contributed by atoms with van der Waals surface area (Å²) < 4.78 is 5.95. The lowest BCUT2D eigenvalue weighted by Gasteiger charge is -2.19.